The van der Waals surface area contributed by atoms with Gasteiger partial charge in [-0.1, -0.05) is 0 Å². The first-order valence-corrected chi connectivity index (χ1v) is 9.54. The minimum atomic E-state index is -0.579. The lowest BCUT2D eigenvalue weighted by Gasteiger charge is -2.19. The van der Waals surface area contributed by atoms with Crippen LogP contribution in [0.1, 0.15) is 15.9 Å². The minimum absolute atomic E-state index is 0.00449. The minimum Gasteiger partial charge on any atom is -0.493 e. The van der Waals surface area contributed by atoms with E-state index in [1.54, 1.807) is 12.1 Å². The molecule has 0 amide bonds. The molecule has 0 radical (unpaired) electrons. The number of fused-ring (bicyclic) bond motifs is 2. The number of hydrogen-bond acceptors (Lipinski definition) is 10. The van der Waals surface area contributed by atoms with Crippen molar-refractivity contribution in [3.63, 3.8) is 0 Å². The summed E-state index contributed by atoms with van der Waals surface area (Å²) in [6.07, 6.45) is 0. The van der Waals surface area contributed by atoms with Crippen molar-refractivity contribution in [3.8, 4) is 45.6 Å². The van der Waals surface area contributed by atoms with Gasteiger partial charge in [-0.05, 0) is 17.7 Å². The van der Waals surface area contributed by atoms with Crippen molar-refractivity contribution in [1.82, 2.24) is 5.32 Å². The number of rotatable bonds is 8. The third kappa shape index (κ3) is 3.53. The van der Waals surface area contributed by atoms with Crippen LogP contribution in [0, 0.1) is 0 Å². The summed E-state index contributed by atoms with van der Waals surface area (Å²) >= 11 is 0. The highest BCUT2D eigenvalue weighted by atomic mass is 16.7. The molecule has 0 unspecified atom stereocenters. The van der Waals surface area contributed by atoms with Crippen molar-refractivity contribution in [2.75, 3.05) is 48.1 Å². The molecule has 0 saturated heterocycles. The molecule has 10 nitrogen and oxygen atoms in total. The second-order valence-electron chi connectivity index (χ2n) is 6.64. The molecule has 0 spiro atoms. The van der Waals surface area contributed by atoms with Gasteiger partial charge in [0.1, 0.15) is 0 Å². The fraction of sp³-hybridized carbons (Fsp3) is 0.381. The molecule has 0 aromatic heterocycles. The summed E-state index contributed by atoms with van der Waals surface area (Å²) in [5.41, 5.74) is 1.96. The Kier molecular flexibility index (Phi) is 5.92. The monoisotopic (exact) mass is 433 g/mol. The summed E-state index contributed by atoms with van der Waals surface area (Å²) in [5, 5.41) is 12.3. The van der Waals surface area contributed by atoms with E-state index in [1.165, 1.54) is 21.3 Å². The summed E-state index contributed by atoms with van der Waals surface area (Å²) in [7, 11) is 4.30. The molecule has 2 heterocycles. The number of benzene rings is 2. The van der Waals surface area contributed by atoms with Gasteiger partial charge in [-0.25, -0.2) is 4.79 Å². The Balaban J connectivity index is 2.02. The van der Waals surface area contributed by atoms with Crippen LogP contribution in [0.25, 0.3) is 11.1 Å². The van der Waals surface area contributed by atoms with Crippen LogP contribution >= 0.6 is 0 Å². The summed E-state index contributed by atoms with van der Waals surface area (Å²) in [4.78, 5) is 12.8. The van der Waals surface area contributed by atoms with E-state index in [2.05, 4.69) is 5.32 Å². The summed E-state index contributed by atoms with van der Waals surface area (Å²) < 4.78 is 38.7. The van der Waals surface area contributed by atoms with E-state index in [1.807, 2.05) is 0 Å². The molecule has 0 aliphatic carbocycles. The lowest BCUT2D eigenvalue weighted by atomic mass is 9.91. The van der Waals surface area contributed by atoms with E-state index in [4.69, 9.17) is 33.2 Å². The largest absolute Gasteiger partial charge is 0.493 e. The average Bonchev–Trinajstić information content (AvgIpc) is 3.47. The molecule has 2 N–H and O–H groups in total. The second kappa shape index (κ2) is 8.78. The first kappa shape index (κ1) is 20.9. The Morgan fingerprint density at radius 3 is 2.10 bits per heavy atom. The average molecular weight is 433 g/mol. The van der Waals surface area contributed by atoms with Crippen LogP contribution < -0.4 is 33.7 Å². The van der Waals surface area contributed by atoms with E-state index >= 15 is 0 Å². The van der Waals surface area contributed by atoms with Gasteiger partial charge in [-0.3, -0.25) is 0 Å². The number of hydrogen-bond donors (Lipinski definition) is 2. The lowest BCUT2D eigenvalue weighted by molar-refractivity contribution is 0.0601. The van der Waals surface area contributed by atoms with Gasteiger partial charge in [0.25, 0.3) is 0 Å². The van der Waals surface area contributed by atoms with Crippen molar-refractivity contribution in [3.05, 3.63) is 23.3 Å². The lowest BCUT2D eigenvalue weighted by Crippen LogP contribution is -2.18. The van der Waals surface area contributed by atoms with Crippen LogP contribution in [-0.2, 0) is 11.3 Å². The number of methoxy groups -OCH3 is 3. The van der Waals surface area contributed by atoms with Gasteiger partial charge < -0.3 is 43.6 Å². The maximum absolute atomic E-state index is 12.8. The number of carbonyl (C=O) groups is 1. The third-order valence-electron chi connectivity index (χ3n) is 5.00. The van der Waals surface area contributed by atoms with Crippen LogP contribution in [0.3, 0.4) is 0 Å². The highest BCUT2D eigenvalue weighted by molar-refractivity contribution is 6.03. The molecule has 0 saturated carbocycles. The van der Waals surface area contributed by atoms with Gasteiger partial charge in [0.05, 0.1) is 33.5 Å². The van der Waals surface area contributed by atoms with Crippen LogP contribution in [0.5, 0.6) is 34.5 Å². The smallest absolute Gasteiger partial charge is 0.338 e. The van der Waals surface area contributed by atoms with Gasteiger partial charge >= 0.3 is 5.97 Å². The predicted molar refractivity (Wildman–Crippen MR) is 107 cm³/mol. The zero-order valence-corrected chi connectivity index (χ0v) is 17.4. The van der Waals surface area contributed by atoms with Crippen molar-refractivity contribution in [2.24, 2.45) is 0 Å². The molecule has 10 heteroatoms. The quantitative estimate of drug-likeness (QED) is 0.471. The van der Waals surface area contributed by atoms with Crippen LogP contribution in [0.4, 0.5) is 0 Å². The van der Waals surface area contributed by atoms with Crippen LogP contribution in [-0.4, -0.2) is 59.1 Å². The molecule has 4 rings (SSSR count). The van der Waals surface area contributed by atoms with E-state index < -0.39 is 5.97 Å². The van der Waals surface area contributed by atoms with Crippen molar-refractivity contribution >= 4 is 5.97 Å². The molecule has 166 valence electrons. The molecule has 2 aromatic carbocycles. The number of ether oxygens (including phenoxy) is 7. The molecule has 2 aliphatic heterocycles. The molecule has 31 heavy (non-hydrogen) atoms. The number of esters is 1. The van der Waals surface area contributed by atoms with Crippen LogP contribution in [0.2, 0.25) is 0 Å². The zero-order chi connectivity index (χ0) is 22.0. The Labute approximate surface area is 178 Å². The molecule has 2 aliphatic rings. The van der Waals surface area contributed by atoms with Gasteiger partial charge in [-0.2, -0.15) is 0 Å². The van der Waals surface area contributed by atoms with Crippen molar-refractivity contribution in [2.45, 2.75) is 6.54 Å². The molecule has 0 atom stereocenters. The topological polar surface area (TPSA) is 114 Å². The Morgan fingerprint density at radius 2 is 1.52 bits per heavy atom. The van der Waals surface area contributed by atoms with E-state index in [0.717, 1.165) is 5.56 Å². The van der Waals surface area contributed by atoms with Gasteiger partial charge in [0, 0.05) is 24.2 Å². The summed E-state index contributed by atoms with van der Waals surface area (Å²) in [6.45, 7) is 0.664. The zero-order valence-electron chi connectivity index (χ0n) is 17.4. The van der Waals surface area contributed by atoms with E-state index in [-0.39, 0.29) is 25.8 Å². The number of carbonyl (C=O) groups excluding carboxylic acids is 1. The Morgan fingerprint density at radius 1 is 0.935 bits per heavy atom. The standard InChI is InChI=1S/C21H23NO9/c1-25-13-6-11(8-22-4-5-23)15(19-17(13)28-9-30-19)16-12(21(24)27-3)7-14(26-2)18-20(16)31-10-29-18/h6-7,22-23H,4-5,8-10H2,1-3H3. The molecule has 0 fully saturated rings. The number of aliphatic hydroxyl groups is 1. The second-order valence-corrected chi connectivity index (χ2v) is 6.64. The fourth-order valence-electron chi connectivity index (χ4n) is 3.67. The first-order valence-electron chi connectivity index (χ1n) is 9.54. The Bertz CT molecular complexity index is 1010. The van der Waals surface area contributed by atoms with Gasteiger partial charge in [-0.15, -0.1) is 0 Å². The van der Waals surface area contributed by atoms with E-state index in [9.17, 15) is 9.90 Å². The van der Waals surface area contributed by atoms with E-state index in [0.29, 0.717) is 58.7 Å². The summed E-state index contributed by atoms with van der Waals surface area (Å²) in [5.74, 6) is 1.80. The van der Waals surface area contributed by atoms with Crippen molar-refractivity contribution in [1.29, 1.82) is 0 Å². The summed E-state index contributed by atoms with van der Waals surface area (Å²) in [6, 6.07) is 3.34. The molecular formula is C21H23NO9. The van der Waals surface area contributed by atoms with Crippen molar-refractivity contribution < 1.29 is 43.1 Å². The SMILES string of the molecule is COC(=O)c1cc(OC)c2c(c1-c1c(CNCCO)cc(OC)c3c1OCO3)OCO2. The first-order chi connectivity index (χ1) is 15.1. The maximum Gasteiger partial charge on any atom is 0.338 e. The fourth-order valence-corrected chi connectivity index (χ4v) is 3.67. The molecular weight excluding hydrogens is 410 g/mol. The predicted octanol–water partition coefficient (Wildman–Crippen LogP) is 1.70. The molecule has 0 bridgehead atoms. The highest BCUT2D eigenvalue weighted by Gasteiger charge is 2.35. The maximum atomic E-state index is 12.8. The Hall–Kier alpha value is -3.37. The normalized spacial score (nSPS) is 13.3. The third-order valence-corrected chi connectivity index (χ3v) is 5.00. The number of aliphatic hydroxyl groups excluding tert-OH is 1. The number of nitrogens with one attached hydrogen (secondary N) is 1. The molecule has 2 aromatic rings. The van der Waals surface area contributed by atoms with Gasteiger partial charge in [0.15, 0.2) is 23.0 Å². The van der Waals surface area contributed by atoms with Gasteiger partial charge in [0.2, 0.25) is 25.1 Å². The van der Waals surface area contributed by atoms with Crippen LogP contribution in [0.15, 0.2) is 12.1 Å². The highest BCUT2D eigenvalue weighted by Crippen LogP contribution is 2.56.